The molecule has 6 nitrogen and oxygen atoms in total. The van der Waals surface area contributed by atoms with Crippen LogP contribution in [0.25, 0.3) is 0 Å². The maximum absolute atomic E-state index is 12.9. The summed E-state index contributed by atoms with van der Waals surface area (Å²) >= 11 is 0. The molecule has 0 radical (unpaired) electrons. The Morgan fingerprint density at radius 2 is 1.90 bits per heavy atom. The largest absolute Gasteiger partial charge is 0.461 e. The lowest BCUT2D eigenvalue weighted by atomic mass is 10.1. The van der Waals surface area contributed by atoms with E-state index >= 15 is 0 Å². The van der Waals surface area contributed by atoms with E-state index in [0.29, 0.717) is 24.3 Å². The molecule has 1 unspecified atom stereocenters. The van der Waals surface area contributed by atoms with Crippen molar-refractivity contribution in [3.05, 3.63) is 82.8 Å². The highest BCUT2D eigenvalue weighted by atomic mass is 19.3. The number of benzene rings is 2. The number of para-hydroxylation sites is 1. The smallest absolute Gasteiger partial charge is 0.387 e. The maximum Gasteiger partial charge on any atom is 0.387 e. The first-order valence-corrected chi connectivity index (χ1v) is 9.96. The van der Waals surface area contributed by atoms with Gasteiger partial charge in [0.2, 0.25) is 0 Å². The molecule has 3 aromatic rings. The van der Waals surface area contributed by atoms with E-state index < -0.39 is 12.9 Å². The summed E-state index contributed by atoms with van der Waals surface area (Å²) in [6.07, 6.45) is 2.56. The van der Waals surface area contributed by atoms with Crippen molar-refractivity contribution in [2.24, 2.45) is 0 Å². The molecule has 1 aliphatic heterocycles. The predicted molar refractivity (Wildman–Crippen MR) is 112 cm³/mol. The Labute approximate surface area is 178 Å². The highest BCUT2D eigenvalue weighted by Crippen LogP contribution is 2.37. The molecule has 0 saturated carbocycles. The number of hydrogen-bond donors (Lipinski definition) is 1. The average Bonchev–Trinajstić information content (AvgIpc) is 3.28. The number of alkyl halides is 2. The number of aromatic amines is 1. The van der Waals surface area contributed by atoms with E-state index in [2.05, 4.69) is 9.72 Å². The zero-order chi connectivity index (χ0) is 21.6. The van der Waals surface area contributed by atoms with E-state index in [1.807, 2.05) is 35.2 Å². The van der Waals surface area contributed by atoms with Crippen molar-refractivity contribution in [2.45, 2.75) is 32.3 Å². The van der Waals surface area contributed by atoms with Crippen LogP contribution in [0.4, 0.5) is 20.2 Å². The van der Waals surface area contributed by atoms with Crippen LogP contribution in [0, 0.1) is 0 Å². The number of anilines is 2. The van der Waals surface area contributed by atoms with E-state index in [1.165, 1.54) is 6.07 Å². The summed E-state index contributed by atoms with van der Waals surface area (Å²) in [5.41, 5.74) is 1.85. The number of nitrogens with one attached hydrogen (secondary N) is 1. The second-order valence-electron chi connectivity index (χ2n) is 7.02. The lowest BCUT2D eigenvalue weighted by molar-refractivity contribution is -0.0632. The Morgan fingerprint density at radius 3 is 2.61 bits per heavy atom. The monoisotopic (exact) mass is 428 g/mol. The first-order valence-electron chi connectivity index (χ1n) is 9.96. The third kappa shape index (κ3) is 5.21. The Bertz CT molecular complexity index is 1050. The first-order chi connectivity index (χ1) is 15.1. The van der Waals surface area contributed by atoms with Gasteiger partial charge in [0, 0.05) is 35.6 Å². The van der Waals surface area contributed by atoms with Gasteiger partial charge < -0.3 is 24.1 Å². The van der Waals surface area contributed by atoms with Crippen molar-refractivity contribution in [1.29, 1.82) is 0 Å². The fourth-order valence-corrected chi connectivity index (χ4v) is 3.42. The minimum absolute atomic E-state index is 0.0696. The summed E-state index contributed by atoms with van der Waals surface area (Å²) in [7, 11) is 0. The van der Waals surface area contributed by atoms with Crippen molar-refractivity contribution < 1.29 is 23.0 Å². The third-order valence-corrected chi connectivity index (χ3v) is 4.90. The number of H-pyrrole nitrogens is 1. The molecule has 0 amide bonds. The van der Waals surface area contributed by atoms with Crippen LogP contribution in [-0.4, -0.2) is 24.5 Å². The zero-order valence-electron chi connectivity index (χ0n) is 16.7. The van der Waals surface area contributed by atoms with E-state index in [0.717, 1.165) is 12.1 Å². The second kappa shape index (κ2) is 9.61. The number of pyridine rings is 1. The molecule has 2 heterocycles. The Hall–Kier alpha value is -3.39. The molecule has 31 heavy (non-hydrogen) atoms. The maximum atomic E-state index is 12.9. The Morgan fingerprint density at radius 1 is 1.06 bits per heavy atom. The van der Waals surface area contributed by atoms with E-state index in [9.17, 15) is 13.6 Å². The summed E-state index contributed by atoms with van der Waals surface area (Å²) < 4.78 is 41.8. The van der Waals surface area contributed by atoms with E-state index in [-0.39, 0.29) is 23.6 Å². The molecular formula is C23H22F2N2O4. The number of rotatable bonds is 8. The molecule has 1 aliphatic rings. The summed E-state index contributed by atoms with van der Waals surface area (Å²) in [6, 6.07) is 17.7. The normalized spacial score (nSPS) is 15.8. The molecule has 1 aromatic heterocycles. The minimum atomic E-state index is -2.98. The van der Waals surface area contributed by atoms with Gasteiger partial charge in [-0.3, -0.25) is 4.79 Å². The topological polar surface area (TPSA) is 63.8 Å². The lowest BCUT2D eigenvalue weighted by Crippen LogP contribution is -2.23. The second-order valence-corrected chi connectivity index (χ2v) is 7.02. The van der Waals surface area contributed by atoms with Crippen LogP contribution < -0.4 is 19.9 Å². The molecule has 1 fully saturated rings. The van der Waals surface area contributed by atoms with Crippen molar-refractivity contribution >= 4 is 11.4 Å². The fourth-order valence-electron chi connectivity index (χ4n) is 3.42. The van der Waals surface area contributed by atoms with Gasteiger partial charge in [-0.1, -0.05) is 24.3 Å². The van der Waals surface area contributed by atoms with Crippen molar-refractivity contribution in [2.75, 3.05) is 11.5 Å². The van der Waals surface area contributed by atoms with Crippen LogP contribution >= 0.6 is 0 Å². The van der Waals surface area contributed by atoms with Gasteiger partial charge in [0.15, 0.2) is 17.8 Å². The van der Waals surface area contributed by atoms with Crippen LogP contribution in [0.1, 0.15) is 18.4 Å². The van der Waals surface area contributed by atoms with Crippen LogP contribution in [0.3, 0.4) is 0 Å². The summed E-state index contributed by atoms with van der Waals surface area (Å²) in [6.45, 7) is -2.15. The van der Waals surface area contributed by atoms with Crippen LogP contribution in [0.15, 0.2) is 71.7 Å². The Balaban J connectivity index is 1.72. The molecule has 4 rings (SSSR count). The van der Waals surface area contributed by atoms with Gasteiger partial charge in [-0.2, -0.15) is 8.78 Å². The highest BCUT2D eigenvalue weighted by Gasteiger charge is 2.22. The summed E-state index contributed by atoms with van der Waals surface area (Å²) in [5.74, 6) is 0.0902. The highest BCUT2D eigenvalue weighted by molar-refractivity contribution is 5.66. The standard InChI is InChI=1S/C23H22F2N2O4/c24-23(25)31-19-11-10-18(14-20(19)30-21-9-5-13-29-21)27(17-7-2-1-3-8-17)15-16-6-4-12-26-22(16)28/h1-4,6-8,10-12,14,21,23H,5,9,13,15H2,(H,26,28). The number of halogens is 2. The van der Waals surface area contributed by atoms with Gasteiger partial charge in [0.05, 0.1) is 13.2 Å². The predicted octanol–water partition coefficient (Wildman–Crippen LogP) is 4.83. The van der Waals surface area contributed by atoms with Crippen LogP contribution in [-0.2, 0) is 11.3 Å². The number of aromatic nitrogens is 1. The van der Waals surface area contributed by atoms with E-state index in [1.54, 1.807) is 30.5 Å². The molecule has 162 valence electrons. The summed E-state index contributed by atoms with van der Waals surface area (Å²) in [4.78, 5) is 16.8. The average molecular weight is 428 g/mol. The first kappa shape index (κ1) is 20.9. The van der Waals surface area contributed by atoms with Crippen LogP contribution in [0.5, 0.6) is 11.5 Å². The fraction of sp³-hybridized carbons (Fsp3) is 0.261. The SMILES string of the molecule is O=c1[nH]cccc1CN(c1ccccc1)c1ccc(OC(F)F)c(OC2CCCO2)c1. The molecule has 1 saturated heterocycles. The third-order valence-electron chi connectivity index (χ3n) is 4.90. The van der Waals surface area contributed by atoms with Gasteiger partial charge in [0.1, 0.15) is 0 Å². The molecule has 0 spiro atoms. The molecule has 0 aliphatic carbocycles. The van der Waals surface area contributed by atoms with Crippen molar-refractivity contribution in [3.8, 4) is 11.5 Å². The molecule has 0 bridgehead atoms. The van der Waals surface area contributed by atoms with Gasteiger partial charge in [-0.15, -0.1) is 0 Å². The van der Waals surface area contributed by atoms with Crippen LogP contribution in [0.2, 0.25) is 0 Å². The minimum Gasteiger partial charge on any atom is -0.461 e. The number of ether oxygens (including phenoxy) is 3. The quantitative estimate of drug-likeness (QED) is 0.557. The van der Waals surface area contributed by atoms with Gasteiger partial charge in [-0.25, -0.2) is 0 Å². The molecule has 1 atom stereocenters. The molecule has 2 aromatic carbocycles. The summed E-state index contributed by atoms with van der Waals surface area (Å²) in [5, 5.41) is 0. The Kier molecular flexibility index (Phi) is 6.47. The van der Waals surface area contributed by atoms with Gasteiger partial charge >= 0.3 is 6.61 Å². The molecule has 1 N–H and O–H groups in total. The number of hydrogen-bond acceptors (Lipinski definition) is 5. The molecule has 8 heteroatoms. The van der Waals surface area contributed by atoms with E-state index in [4.69, 9.17) is 9.47 Å². The molecular weight excluding hydrogens is 406 g/mol. The number of nitrogens with zero attached hydrogens (tertiary/aromatic N) is 1. The lowest BCUT2D eigenvalue weighted by Gasteiger charge is -2.26. The van der Waals surface area contributed by atoms with Gasteiger partial charge in [0.25, 0.3) is 5.56 Å². The zero-order valence-corrected chi connectivity index (χ0v) is 16.7. The van der Waals surface area contributed by atoms with Crippen molar-refractivity contribution in [1.82, 2.24) is 4.98 Å². The van der Waals surface area contributed by atoms with Crippen molar-refractivity contribution in [3.63, 3.8) is 0 Å². The van der Waals surface area contributed by atoms with Gasteiger partial charge in [-0.05, 0) is 36.8 Å².